The summed E-state index contributed by atoms with van der Waals surface area (Å²) >= 11 is 2.00. The fourth-order valence-electron chi connectivity index (χ4n) is 1.98. The summed E-state index contributed by atoms with van der Waals surface area (Å²) in [5, 5.41) is 3.59. The van der Waals surface area contributed by atoms with Gasteiger partial charge in [0.1, 0.15) is 0 Å². The lowest BCUT2D eigenvalue weighted by Gasteiger charge is -2.30. The van der Waals surface area contributed by atoms with Crippen molar-refractivity contribution in [3.8, 4) is 0 Å². The van der Waals surface area contributed by atoms with E-state index in [1.807, 2.05) is 30.5 Å². The van der Waals surface area contributed by atoms with Gasteiger partial charge in [-0.2, -0.15) is 11.8 Å². The van der Waals surface area contributed by atoms with Crippen molar-refractivity contribution in [2.45, 2.75) is 44.4 Å². The van der Waals surface area contributed by atoms with Crippen LogP contribution in [0.4, 0.5) is 0 Å². The van der Waals surface area contributed by atoms with Gasteiger partial charge in [-0.25, -0.2) is 4.98 Å². The van der Waals surface area contributed by atoms with Gasteiger partial charge in [0.25, 0.3) is 0 Å². The molecule has 0 unspecified atom stereocenters. The molecule has 1 heterocycles. The molecule has 4 heteroatoms. The highest BCUT2D eigenvalue weighted by molar-refractivity contribution is 8.00. The van der Waals surface area contributed by atoms with E-state index >= 15 is 0 Å². The van der Waals surface area contributed by atoms with Crippen LogP contribution >= 0.6 is 11.8 Å². The quantitative estimate of drug-likeness (QED) is 0.688. The molecule has 0 aliphatic rings. The minimum atomic E-state index is 0.426. The van der Waals surface area contributed by atoms with Crippen molar-refractivity contribution in [3.05, 3.63) is 18.7 Å². The number of imidazole rings is 1. The first-order chi connectivity index (χ1) is 8.26. The summed E-state index contributed by atoms with van der Waals surface area (Å²) in [6.45, 7) is 7.82. The van der Waals surface area contributed by atoms with Gasteiger partial charge in [0, 0.05) is 30.2 Å². The molecule has 17 heavy (non-hydrogen) atoms. The molecule has 1 aromatic rings. The summed E-state index contributed by atoms with van der Waals surface area (Å²) in [7, 11) is 0. The minimum Gasteiger partial charge on any atom is -0.337 e. The average molecular weight is 255 g/mol. The van der Waals surface area contributed by atoms with Crippen LogP contribution in [0.1, 0.15) is 33.1 Å². The summed E-state index contributed by atoms with van der Waals surface area (Å²) in [5.74, 6) is 0. The Morgan fingerprint density at radius 3 is 2.65 bits per heavy atom. The number of hydrogen-bond donors (Lipinski definition) is 1. The van der Waals surface area contributed by atoms with Gasteiger partial charge in [-0.1, -0.05) is 13.8 Å². The van der Waals surface area contributed by atoms with Crippen LogP contribution in [0.2, 0.25) is 0 Å². The Hall–Kier alpha value is -0.480. The zero-order valence-electron chi connectivity index (χ0n) is 11.3. The smallest absolute Gasteiger partial charge is 0.0945 e. The Morgan fingerprint density at radius 1 is 1.35 bits per heavy atom. The van der Waals surface area contributed by atoms with Crippen LogP contribution in [0.3, 0.4) is 0 Å². The molecule has 0 aliphatic carbocycles. The number of nitrogens with one attached hydrogen (secondary N) is 1. The Morgan fingerprint density at radius 2 is 2.12 bits per heavy atom. The topological polar surface area (TPSA) is 29.9 Å². The van der Waals surface area contributed by atoms with E-state index in [4.69, 9.17) is 0 Å². The van der Waals surface area contributed by atoms with E-state index in [1.165, 1.54) is 12.8 Å². The fraction of sp³-hybridized carbons (Fsp3) is 0.769. The van der Waals surface area contributed by atoms with Crippen molar-refractivity contribution in [2.75, 3.05) is 19.3 Å². The summed E-state index contributed by atoms with van der Waals surface area (Å²) < 4.78 is 2.55. The third-order valence-corrected chi connectivity index (χ3v) is 5.09. The molecular formula is C13H25N3S. The standard InChI is InChI=1S/C13H25N3S/c1-4-13(5-2,17-3)11-14-7-6-9-16-10-8-15-12-16/h8,10,12,14H,4-7,9,11H2,1-3H3. The van der Waals surface area contributed by atoms with E-state index in [2.05, 4.69) is 35.0 Å². The summed E-state index contributed by atoms with van der Waals surface area (Å²) in [6.07, 6.45) is 11.6. The van der Waals surface area contributed by atoms with Crippen molar-refractivity contribution in [2.24, 2.45) is 0 Å². The van der Waals surface area contributed by atoms with Crippen LogP contribution in [0.5, 0.6) is 0 Å². The zero-order chi connectivity index (χ0) is 12.6. The number of rotatable bonds is 9. The van der Waals surface area contributed by atoms with Crippen molar-refractivity contribution in [1.82, 2.24) is 14.9 Å². The highest BCUT2D eigenvalue weighted by Crippen LogP contribution is 2.29. The second-order valence-electron chi connectivity index (χ2n) is 4.43. The third-order valence-electron chi connectivity index (χ3n) is 3.50. The summed E-state index contributed by atoms with van der Waals surface area (Å²) in [4.78, 5) is 4.04. The van der Waals surface area contributed by atoms with Crippen LogP contribution in [0, 0.1) is 0 Å². The molecule has 0 saturated heterocycles. The van der Waals surface area contributed by atoms with Gasteiger partial charge in [0.15, 0.2) is 0 Å². The first-order valence-electron chi connectivity index (χ1n) is 6.48. The molecule has 0 aliphatic heterocycles. The van der Waals surface area contributed by atoms with Gasteiger partial charge >= 0.3 is 0 Å². The summed E-state index contributed by atoms with van der Waals surface area (Å²) in [5.41, 5.74) is 0. The molecule has 0 atom stereocenters. The molecule has 1 N–H and O–H groups in total. The number of aryl methyl sites for hydroxylation is 1. The van der Waals surface area contributed by atoms with Crippen molar-refractivity contribution < 1.29 is 0 Å². The lowest BCUT2D eigenvalue weighted by Crippen LogP contribution is -2.37. The normalized spacial score (nSPS) is 11.9. The fourth-order valence-corrected chi connectivity index (χ4v) is 2.81. The maximum Gasteiger partial charge on any atom is 0.0945 e. The second-order valence-corrected chi connectivity index (χ2v) is 5.70. The maximum atomic E-state index is 4.04. The van der Waals surface area contributed by atoms with Crippen LogP contribution in [-0.2, 0) is 6.54 Å². The second kappa shape index (κ2) is 7.77. The Balaban J connectivity index is 2.14. The van der Waals surface area contributed by atoms with Crippen LogP contribution < -0.4 is 5.32 Å². The molecule has 0 bridgehead atoms. The van der Waals surface area contributed by atoms with Crippen LogP contribution in [0.15, 0.2) is 18.7 Å². The minimum absolute atomic E-state index is 0.426. The summed E-state index contributed by atoms with van der Waals surface area (Å²) in [6, 6.07) is 0. The van der Waals surface area contributed by atoms with Gasteiger partial charge in [0.2, 0.25) is 0 Å². The van der Waals surface area contributed by atoms with Gasteiger partial charge in [-0.3, -0.25) is 0 Å². The lowest BCUT2D eigenvalue weighted by atomic mass is 10.0. The maximum absolute atomic E-state index is 4.04. The van der Waals surface area contributed by atoms with E-state index in [9.17, 15) is 0 Å². The van der Waals surface area contributed by atoms with Gasteiger partial charge in [0.05, 0.1) is 6.33 Å². The number of aromatic nitrogens is 2. The number of nitrogens with zero attached hydrogens (tertiary/aromatic N) is 2. The Kier molecular flexibility index (Phi) is 6.66. The molecule has 1 aromatic heterocycles. The number of thioether (sulfide) groups is 1. The largest absolute Gasteiger partial charge is 0.337 e. The first-order valence-corrected chi connectivity index (χ1v) is 7.70. The zero-order valence-corrected chi connectivity index (χ0v) is 12.1. The molecule has 0 fully saturated rings. The van der Waals surface area contributed by atoms with E-state index in [1.54, 1.807) is 0 Å². The average Bonchev–Trinajstić information content (AvgIpc) is 2.88. The molecule has 0 radical (unpaired) electrons. The molecule has 0 spiro atoms. The van der Waals surface area contributed by atoms with Gasteiger partial charge in [-0.05, 0) is 32.1 Å². The number of hydrogen-bond acceptors (Lipinski definition) is 3. The monoisotopic (exact) mass is 255 g/mol. The first kappa shape index (κ1) is 14.6. The van der Waals surface area contributed by atoms with E-state index in [0.29, 0.717) is 4.75 Å². The molecule has 0 amide bonds. The van der Waals surface area contributed by atoms with E-state index < -0.39 is 0 Å². The highest BCUT2D eigenvalue weighted by Gasteiger charge is 2.23. The van der Waals surface area contributed by atoms with Crippen LogP contribution in [0.25, 0.3) is 0 Å². The Labute approximate surface area is 109 Å². The van der Waals surface area contributed by atoms with E-state index in [0.717, 1.165) is 26.1 Å². The predicted molar refractivity (Wildman–Crippen MR) is 76.5 cm³/mol. The molecular weight excluding hydrogens is 230 g/mol. The molecule has 3 nitrogen and oxygen atoms in total. The van der Waals surface area contributed by atoms with Gasteiger partial charge in [-0.15, -0.1) is 0 Å². The Bertz CT molecular complexity index is 273. The third kappa shape index (κ3) is 4.72. The molecule has 1 rings (SSSR count). The van der Waals surface area contributed by atoms with E-state index in [-0.39, 0.29) is 0 Å². The lowest BCUT2D eigenvalue weighted by molar-refractivity contribution is 0.482. The van der Waals surface area contributed by atoms with Crippen molar-refractivity contribution >= 4 is 11.8 Å². The molecule has 0 saturated carbocycles. The van der Waals surface area contributed by atoms with Crippen molar-refractivity contribution in [1.29, 1.82) is 0 Å². The molecule has 98 valence electrons. The molecule has 0 aromatic carbocycles. The predicted octanol–water partition coefficient (Wildman–Crippen LogP) is 2.78. The van der Waals surface area contributed by atoms with Gasteiger partial charge < -0.3 is 9.88 Å². The van der Waals surface area contributed by atoms with Crippen molar-refractivity contribution in [3.63, 3.8) is 0 Å². The van der Waals surface area contributed by atoms with Crippen LogP contribution in [-0.4, -0.2) is 33.6 Å². The SMILES string of the molecule is CCC(CC)(CNCCCn1ccnc1)SC. The highest BCUT2D eigenvalue weighted by atomic mass is 32.2.